The van der Waals surface area contributed by atoms with Crippen LogP contribution in [0.2, 0.25) is 0 Å². The molecule has 1 fully saturated rings. The highest BCUT2D eigenvalue weighted by molar-refractivity contribution is 7.13. The molecule has 0 bridgehead atoms. The summed E-state index contributed by atoms with van der Waals surface area (Å²) in [7, 11) is 1.70. The maximum Gasteiger partial charge on any atom is 0.195 e. The molecule has 0 spiro atoms. The van der Waals surface area contributed by atoms with Crippen LogP contribution in [0.1, 0.15) is 40.7 Å². The normalized spacial score (nSPS) is 15.0. The summed E-state index contributed by atoms with van der Waals surface area (Å²) in [4.78, 5) is 18.0. The van der Waals surface area contributed by atoms with Crippen molar-refractivity contribution in [1.29, 1.82) is 0 Å². The summed E-state index contributed by atoms with van der Waals surface area (Å²) >= 11 is 1.73. The zero-order chi connectivity index (χ0) is 27.8. The van der Waals surface area contributed by atoms with E-state index in [0.29, 0.717) is 12.2 Å². The van der Waals surface area contributed by atoms with Crippen molar-refractivity contribution in [3.63, 3.8) is 0 Å². The highest BCUT2D eigenvalue weighted by Gasteiger charge is 2.29. The number of likely N-dealkylation sites (tertiary alicyclic amines) is 1. The predicted molar refractivity (Wildman–Crippen MR) is 167 cm³/mol. The number of piperidine rings is 1. The van der Waals surface area contributed by atoms with Crippen molar-refractivity contribution >= 4 is 28.0 Å². The number of hydrogen-bond acceptors (Lipinski definition) is 5. The summed E-state index contributed by atoms with van der Waals surface area (Å²) in [5, 5.41) is 3.10. The van der Waals surface area contributed by atoms with Crippen LogP contribution in [0.3, 0.4) is 0 Å². The topological polar surface area (TPSA) is 43.7 Å². The second-order valence-corrected chi connectivity index (χ2v) is 11.9. The average molecular weight is 563 g/mol. The number of ether oxygens (including phenoxy) is 2. The predicted octanol–water partition coefficient (Wildman–Crippen LogP) is 7.70. The van der Waals surface area contributed by atoms with Gasteiger partial charge >= 0.3 is 0 Å². The molecule has 0 amide bonds. The number of benzene rings is 3. The fraction of sp³-hybridized carbons (Fsp3) is 0.286. The Morgan fingerprint density at radius 2 is 1.73 bits per heavy atom. The van der Waals surface area contributed by atoms with Gasteiger partial charge in [-0.15, -0.1) is 11.3 Å². The summed E-state index contributed by atoms with van der Waals surface area (Å²) in [6.45, 7) is 4.75. The molecule has 0 aliphatic carbocycles. The number of fused-ring (bicyclic) bond motifs is 5. The van der Waals surface area contributed by atoms with E-state index in [2.05, 4.69) is 57.3 Å². The van der Waals surface area contributed by atoms with E-state index >= 15 is 0 Å². The van der Waals surface area contributed by atoms with Gasteiger partial charge < -0.3 is 14.0 Å². The van der Waals surface area contributed by atoms with Gasteiger partial charge in [-0.1, -0.05) is 24.6 Å². The Morgan fingerprint density at radius 3 is 2.51 bits per heavy atom. The van der Waals surface area contributed by atoms with Gasteiger partial charge in [0.15, 0.2) is 5.78 Å². The van der Waals surface area contributed by atoms with Crippen molar-refractivity contribution in [2.75, 3.05) is 33.4 Å². The molecule has 0 radical (unpaired) electrons. The monoisotopic (exact) mass is 562 g/mol. The smallest absolute Gasteiger partial charge is 0.195 e. The minimum atomic E-state index is 0.0381. The van der Waals surface area contributed by atoms with Gasteiger partial charge in [0.25, 0.3) is 0 Å². The standard InChI is InChI=1S/C35H34N2O3S/c1-39-28-12-14-29-25(22-28)15-18-37-31-23-26(32-6-5-21-41-32)9-13-30(31)33(34(29)37)35(38)24-7-10-27(11-8-24)40-20-19-36-16-3-2-4-17-36/h5-14,21-23H,2-4,15-20H2,1H3. The van der Waals surface area contributed by atoms with E-state index in [4.69, 9.17) is 9.47 Å². The molecule has 0 saturated carbocycles. The number of rotatable bonds is 8. The Kier molecular flexibility index (Phi) is 7.11. The maximum atomic E-state index is 14.3. The number of aromatic nitrogens is 1. The second-order valence-electron chi connectivity index (χ2n) is 11.0. The Hall–Kier alpha value is -3.87. The third-order valence-electron chi connectivity index (χ3n) is 8.51. The largest absolute Gasteiger partial charge is 0.497 e. The summed E-state index contributed by atoms with van der Waals surface area (Å²) in [5.41, 5.74) is 7.04. The van der Waals surface area contributed by atoms with Crippen molar-refractivity contribution in [3.8, 4) is 33.2 Å². The van der Waals surface area contributed by atoms with Gasteiger partial charge in [0.2, 0.25) is 0 Å². The molecule has 6 heteroatoms. The summed E-state index contributed by atoms with van der Waals surface area (Å²) in [6.07, 6.45) is 4.79. The van der Waals surface area contributed by atoms with Crippen LogP contribution in [0.25, 0.3) is 32.6 Å². The van der Waals surface area contributed by atoms with Gasteiger partial charge in [-0.25, -0.2) is 0 Å². The number of aryl methyl sites for hydroxylation is 2. The Balaban J connectivity index is 1.24. The average Bonchev–Trinajstić information content (AvgIpc) is 3.68. The molecule has 2 aliphatic heterocycles. The molecule has 2 aromatic heterocycles. The second kappa shape index (κ2) is 11.2. The molecular formula is C35H34N2O3S. The molecule has 208 valence electrons. The molecule has 2 aliphatic rings. The van der Waals surface area contributed by atoms with Crippen LogP contribution in [0.4, 0.5) is 0 Å². The first-order valence-electron chi connectivity index (χ1n) is 14.6. The molecule has 5 aromatic rings. The first-order valence-corrected chi connectivity index (χ1v) is 15.4. The minimum absolute atomic E-state index is 0.0381. The van der Waals surface area contributed by atoms with Gasteiger partial charge in [0.05, 0.1) is 18.4 Å². The molecule has 41 heavy (non-hydrogen) atoms. The molecule has 0 N–H and O–H groups in total. The number of thiophene rings is 1. The Morgan fingerprint density at radius 1 is 0.902 bits per heavy atom. The van der Waals surface area contributed by atoms with Crippen molar-refractivity contribution in [2.24, 2.45) is 0 Å². The van der Waals surface area contributed by atoms with Crippen LogP contribution in [-0.4, -0.2) is 48.6 Å². The van der Waals surface area contributed by atoms with Crippen LogP contribution in [0.15, 0.2) is 78.2 Å². The van der Waals surface area contributed by atoms with Gasteiger partial charge in [-0.2, -0.15) is 0 Å². The van der Waals surface area contributed by atoms with Gasteiger partial charge in [0, 0.05) is 40.0 Å². The van der Waals surface area contributed by atoms with E-state index in [1.807, 2.05) is 30.3 Å². The van der Waals surface area contributed by atoms with Crippen molar-refractivity contribution in [2.45, 2.75) is 32.2 Å². The third kappa shape index (κ3) is 4.96. The number of nitrogens with zero attached hydrogens (tertiary/aromatic N) is 2. The zero-order valence-electron chi connectivity index (χ0n) is 23.4. The third-order valence-corrected chi connectivity index (χ3v) is 9.43. The van der Waals surface area contributed by atoms with Gasteiger partial charge in [0.1, 0.15) is 18.1 Å². The molecule has 5 nitrogen and oxygen atoms in total. The van der Waals surface area contributed by atoms with E-state index in [-0.39, 0.29) is 5.78 Å². The maximum absolute atomic E-state index is 14.3. The molecule has 3 aromatic carbocycles. The van der Waals surface area contributed by atoms with E-state index in [1.165, 1.54) is 35.3 Å². The number of ketones is 1. The lowest BCUT2D eigenvalue weighted by atomic mass is 9.92. The fourth-order valence-corrected chi connectivity index (χ4v) is 7.10. The van der Waals surface area contributed by atoms with Crippen LogP contribution >= 0.6 is 11.3 Å². The lowest BCUT2D eigenvalue weighted by Crippen LogP contribution is -2.33. The number of hydrogen-bond donors (Lipinski definition) is 0. The number of methoxy groups -OCH3 is 1. The summed E-state index contributed by atoms with van der Waals surface area (Å²) < 4.78 is 13.9. The van der Waals surface area contributed by atoms with Crippen molar-refractivity contribution in [1.82, 2.24) is 9.47 Å². The molecular weight excluding hydrogens is 528 g/mol. The van der Waals surface area contributed by atoms with E-state index < -0.39 is 0 Å². The SMILES string of the molecule is COc1ccc2c(c1)CCn1c-2c(C(=O)c2ccc(OCCN3CCCCC3)cc2)c2ccc(-c3cccs3)cc21. The highest BCUT2D eigenvalue weighted by Crippen LogP contribution is 2.42. The van der Waals surface area contributed by atoms with Crippen LogP contribution in [-0.2, 0) is 13.0 Å². The summed E-state index contributed by atoms with van der Waals surface area (Å²) in [6, 6.07) is 24.6. The quantitative estimate of drug-likeness (QED) is 0.182. The first kappa shape index (κ1) is 26.1. The lowest BCUT2D eigenvalue weighted by molar-refractivity contribution is 0.104. The zero-order valence-corrected chi connectivity index (χ0v) is 24.2. The molecule has 4 heterocycles. The fourth-order valence-electron chi connectivity index (χ4n) is 6.38. The van der Waals surface area contributed by atoms with E-state index in [9.17, 15) is 4.79 Å². The van der Waals surface area contributed by atoms with E-state index in [0.717, 1.165) is 71.8 Å². The van der Waals surface area contributed by atoms with Crippen molar-refractivity contribution in [3.05, 3.63) is 94.9 Å². The first-order chi connectivity index (χ1) is 20.2. The Bertz CT molecular complexity index is 1700. The van der Waals surface area contributed by atoms with E-state index in [1.54, 1.807) is 18.4 Å². The summed E-state index contributed by atoms with van der Waals surface area (Å²) in [5.74, 6) is 1.69. The molecule has 0 atom stereocenters. The van der Waals surface area contributed by atoms with Crippen LogP contribution < -0.4 is 9.47 Å². The molecule has 0 unspecified atom stereocenters. The highest BCUT2D eigenvalue weighted by atomic mass is 32.1. The van der Waals surface area contributed by atoms with Gasteiger partial charge in [-0.3, -0.25) is 9.69 Å². The molecule has 7 rings (SSSR count). The minimum Gasteiger partial charge on any atom is -0.497 e. The van der Waals surface area contributed by atoms with Crippen molar-refractivity contribution < 1.29 is 14.3 Å². The van der Waals surface area contributed by atoms with Gasteiger partial charge in [-0.05, 0) is 103 Å². The lowest BCUT2D eigenvalue weighted by Gasteiger charge is -2.26. The number of carbonyl (C=O) groups excluding carboxylic acids is 1. The van der Waals surface area contributed by atoms with Crippen LogP contribution in [0, 0.1) is 0 Å². The molecule has 1 saturated heterocycles. The number of carbonyl (C=O) groups is 1. The van der Waals surface area contributed by atoms with Crippen LogP contribution in [0.5, 0.6) is 11.5 Å². The Labute approximate surface area is 244 Å².